The Bertz CT molecular complexity index is 1380. The fourth-order valence-corrected chi connectivity index (χ4v) is 3.73. The molecule has 1 N–H and O–H groups in total. The maximum absolute atomic E-state index is 12.9. The summed E-state index contributed by atoms with van der Waals surface area (Å²) in [4.78, 5) is 12.9. The van der Waals surface area contributed by atoms with Gasteiger partial charge in [0.05, 0.1) is 0 Å². The first kappa shape index (κ1) is 23.1. The fourth-order valence-electron chi connectivity index (χ4n) is 3.61. The lowest BCUT2D eigenvalue weighted by atomic mass is 10.0. The molecule has 168 valence electrons. The number of nitrogens with one attached hydrogen (secondary N) is 1. The van der Waals surface area contributed by atoms with Gasteiger partial charge in [0.25, 0.3) is 5.91 Å². The minimum atomic E-state index is -0.469. The van der Waals surface area contributed by atoms with Crippen LogP contribution < -0.4 is 10.1 Å². The van der Waals surface area contributed by atoms with Crippen LogP contribution in [-0.2, 0) is 17.8 Å². The van der Waals surface area contributed by atoms with E-state index in [2.05, 4.69) is 12.2 Å². The second kappa shape index (κ2) is 10.7. The molecule has 4 aromatic carbocycles. The van der Waals surface area contributed by atoms with Gasteiger partial charge in [-0.05, 0) is 64.7 Å². The maximum atomic E-state index is 12.9. The molecule has 0 aliphatic rings. The average Bonchev–Trinajstić information content (AvgIpc) is 2.87. The summed E-state index contributed by atoms with van der Waals surface area (Å²) in [5.74, 6) is 0.116. The number of anilines is 1. The van der Waals surface area contributed by atoms with Crippen molar-refractivity contribution < 1.29 is 9.53 Å². The molecule has 0 aliphatic carbocycles. The summed E-state index contributed by atoms with van der Waals surface area (Å²) >= 11 is 5.98. The molecule has 0 fully saturated rings. The molecule has 0 aliphatic heterocycles. The van der Waals surface area contributed by atoms with Crippen LogP contribution in [0.25, 0.3) is 16.8 Å². The molecule has 0 bridgehead atoms. The molecule has 0 saturated heterocycles. The lowest BCUT2D eigenvalue weighted by Crippen LogP contribution is -2.13. The van der Waals surface area contributed by atoms with Gasteiger partial charge in [-0.3, -0.25) is 4.79 Å². The maximum Gasteiger partial charge on any atom is 0.266 e. The molecule has 4 nitrogen and oxygen atoms in total. The summed E-state index contributed by atoms with van der Waals surface area (Å²) < 4.78 is 6.11. The number of benzene rings is 4. The summed E-state index contributed by atoms with van der Waals surface area (Å²) in [6.07, 6.45) is 2.51. The number of carbonyl (C=O) groups excluding carboxylic acids is 1. The van der Waals surface area contributed by atoms with Gasteiger partial charge in [0.15, 0.2) is 0 Å². The molecule has 4 rings (SSSR count). The van der Waals surface area contributed by atoms with Crippen LogP contribution in [0.15, 0.2) is 90.5 Å². The average molecular weight is 467 g/mol. The van der Waals surface area contributed by atoms with Gasteiger partial charge in [-0.2, -0.15) is 5.26 Å². The van der Waals surface area contributed by atoms with Crippen LogP contribution in [-0.4, -0.2) is 5.91 Å². The first-order valence-electron chi connectivity index (χ1n) is 11.0. The zero-order valence-corrected chi connectivity index (χ0v) is 19.5. The van der Waals surface area contributed by atoms with Gasteiger partial charge in [-0.1, -0.05) is 73.1 Å². The number of carbonyl (C=O) groups is 1. The van der Waals surface area contributed by atoms with E-state index in [0.29, 0.717) is 28.6 Å². The fraction of sp³-hybridized carbons (Fsp3) is 0.103. The third-order valence-electron chi connectivity index (χ3n) is 5.51. The number of halogens is 1. The lowest BCUT2D eigenvalue weighted by molar-refractivity contribution is -0.112. The van der Waals surface area contributed by atoms with Crippen LogP contribution in [0.4, 0.5) is 5.69 Å². The second-order valence-electron chi connectivity index (χ2n) is 7.79. The van der Waals surface area contributed by atoms with E-state index in [-0.39, 0.29) is 5.57 Å². The standard InChI is InChI=1S/C29H23ClN2O2/c1-2-20-9-14-25(15-10-20)32-29(33)23(18-31)17-27-26-6-4-3-5-22(26)11-16-28(27)34-19-21-7-12-24(30)13-8-21/h3-17H,2,19H2,1H3,(H,32,33)/b23-17-. The third kappa shape index (κ3) is 5.46. The highest BCUT2D eigenvalue weighted by Crippen LogP contribution is 2.31. The van der Waals surface area contributed by atoms with E-state index in [1.807, 2.05) is 91.0 Å². The predicted octanol–water partition coefficient (Wildman–Crippen LogP) is 7.18. The summed E-state index contributed by atoms with van der Waals surface area (Å²) in [5.41, 5.74) is 3.45. The van der Waals surface area contributed by atoms with Crippen LogP contribution in [0.1, 0.15) is 23.6 Å². The smallest absolute Gasteiger partial charge is 0.266 e. The molecule has 0 heterocycles. The van der Waals surface area contributed by atoms with Gasteiger partial charge in [0.2, 0.25) is 0 Å². The van der Waals surface area contributed by atoms with Gasteiger partial charge in [0, 0.05) is 16.3 Å². The second-order valence-corrected chi connectivity index (χ2v) is 8.22. The zero-order valence-electron chi connectivity index (χ0n) is 18.7. The first-order chi connectivity index (χ1) is 16.6. The minimum Gasteiger partial charge on any atom is -0.488 e. The number of hydrogen-bond donors (Lipinski definition) is 1. The molecule has 1 amide bonds. The Labute approximate surface area is 204 Å². The highest BCUT2D eigenvalue weighted by Gasteiger charge is 2.14. The van der Waals surface area contributed by atoms with Crippen LogP contribution in [0.5, 0.6) is 5.75 Å². The van der Waals surface area contributed by atoms with E-state index < -0.39 is 5.91 Å². The summed E-state index contributed by atoms with van der Waals surface area (Å²) in [6, 6.07) is 28.7. The van der Waals surface area contributed by atoms with E-state index in [0.717, 1.165) is 22.8 Å². The highest BCUT2D eigenvalue weighted by atomic mass is 35.5. The van der Waals surface area contributed by atoms with Crippen molar-refractivity contribution in [3.63, 3.8) is 0 Å². The number of aryl methyl sites for hydroxylation is 1. The zero-order chi connectivity index (χ0) is 23.9. The lowest BCUT2D eigenvalue weighted by Gasteiger charge is -2.13. The van der Waals surface area contributed by atoms with Crippen molar-refractivity contribution >= 4 is 40.0 Å². The summed E-state index contributed by atoms with van der Waals surface area (Å²) in [5, 5.41) is 15.1. The van der Waals surface area contributed by atoms with Crippen molar-refractivity contribution in [1.82, 2.24) is 0 Å². The predicted molar refractivity (Wildman–Crippen MR) is 138 cm³/mol. The molecule has 0 unspecified atom stereocenters. The highest BCUT2D eigenvalue weighted by molar-refractivity contribution is 6.30. The van der Waals surface area contributed by atoms with Gasteiger partial charge in [-0.15, -0.1) is 0 Å². The van der Waals surface area contributed by atoms with E-state index in [1.165, 1.54) is 5.56 Å². The van der Waals surface area contributed by atoms with Crippen LogP contribution >= 0.6 is 11.6 Å². The van der Waals surface area contributed by atoms with E-state index in [4.69, 9.17) is 16.3 Å². The van der Waals surface area contributed by atoms with Crippen LogP contribution in [0.2, 0.25) is 5.02 Å². The molecular formula is C29H23ClN2O2. The monoisotopic (exact) mass is 466 g/mol. The molecule has 5 heteroatoms. The number of nitriles is 1. The van der Waals surface area contributed by atoms with Crippen molar-refractivity contribution in [3.05, 3.63) is 112 Å². The molecule has 0 atom stereocenters. The van der Waals surface area contributed by atoms with Crippen LogP contribution in [0, 0.1) is 11.3 Å². The Morgan fingerprint density at radius 1 is 0.971 bits per heavy atom. The van der Waals surface area contributed by atoms with Crippen molar-refractivity contribution in [2.45, 2.75) is 20.0 Å². The molecule has 0 spiro atoms. The molecule has 0 radical (unpaired) electrons. The van der Waals surface area contributed by atoms with Crippen molar-refractivity contribution in [3.8, 4) is 11.8 Å². The van der Waals surface area contributed by atoms with Gasteiger partial charge in [0.1, 0.15) is 24.0 Å². The Kier molecular flexibility index (Phi) is 7.27. The Morgan fingerprint density at radius 2 is 1.68 bits per heavy atom. The van der Waals surface area contributed by atoms with Crippen LogP contribution in [0.3, 0.4) is 0 Å². The molecular weight excluding hydrogens is 444 g/mol. The number of fused-ring (bicyclic) bond motifs is 1. The van der Waals surface area contributed by atoms with Crippen molar-refractivity contribution in [1.29, 1.82) is 5.26 Å². The van der Waals surface area contributed by atoms with Crippen molar-refractivity contribution in [2.24, 2.45) is 0 Å². The summed E-state index contributed by atoms with van der Waals surface area (Å²) in [6.45, 7) is 2.40. The normalized spacial score (nSPS) is 11.1. The number of ether oxygens (including phenoxy) is 1. The quantitative estimate of drug-likeness (QED) is 0.232. The van der Waals surface area contributed by atoms with Crippen molar-refractivity contribution in [2.75, 3.05) is 5.32 Å². The Balaban J connectivity index is 1.66. The SMILES string of the molecule is CCc1ccc(NC(=O)/C(C#N)=C\c2c(OCc3ccc(Cl)cc3)ccc3ccccc23)cc1. The Morgan fingerprint density at radius 3 is 2.38 bits per heavy atom. The third-order valence-corrected chi connectivity index (χ3v) is 5.76. The Hall–Kier alpha value is -4.07. The molecule has 0 aromatic heterocycles. The summed E-state index contributed by atoms with van der Waals surface area (Å²) in [7, 11) is 0. The number of hydrogen-bond acceptors (Lipinski definition) is 3. The van der Waals surface area contributed by atoms with E-state index >= 15 is 0 Å². The van der Waals surface area contributed by atoms with Gasteiger partial charge < -0.3 is 10.1 Å². The largest absolute Gasteiger partial charge is 0.488 e. The topological polar surface area (TPSA) is 62.1 Å². The molecule has 4 aromatic rings. The first-order valence-corrected chi connectivity index (χ1v) is 11.4. The number of rotatable bonds is 7. The van der Waals surface area contributed by atoms with E-state index in [1.54, 1.807) is 6.08 Å². The molecule has 34 heavy (non-hydrogen) atoms. The number of amides is 1. The molecule has 0 saturated carbocycles. The van der Waals surface area contributed by atoms with Gasteiger partial charge >= 0.3 is 0 Å². The number of nitrogens with zero attached hydrogens (tertiary/aromatic N) is 1. The minimum absolute atomic E-state index is 0.00716. The van der Waals surface area contributed by atoms with E-state index in [9.17, 15) is 10.1 Å². The van der Waals surface area contributed by atoms with Gasteiger partial charge in [-0.25, -0.2) is 0 Å².